The van der Waals surface area contributed by atoms with Gasteiger partial charge in [-0.15, -0.1) is 0 Å². The third-order valence-electron chi connectivity index (χ3n) is 2.54. The fraction of sp³-hybridized carbons (Fsp3) is 0.500. The summed E-state index contributed by atoms with van der Waals surface area (Å²) < 4.78 is 1.55. The van der Waals surface area contributed by atoms with Crippen LogP contribution < -0.4 is 10.8 Å². The van der Waals surface area contributed by atoms with E-state index in [9.17, 15) is 5.11 Å². The second-order valence-electron chi connectivity index (χ2n) is 4.02. The van der Waals surface area contributed by atoms with Gasteiger partial charge in [0.25, 0.3) is 0 Å². The Hall–Kier alpha value is -1.97. The van der Waals surface area contributed by atoms with E-state index in [1.54, 1.807) is 4.57 Å². The van der Waals surface area contributed by atoms with E-state index in [4.69, 9.17) is 15.6 Å². The van der Waals surface area contributed by atoms with Gasteiger partial charge < -0.3 is 30.2 Å². The molecule has 0 saturated heterocycles. The molecule has 0 aromatic carbocycles. The minimum absolute atomic E-state index is 0.0355. The van der Waals surface area contributed by atoms with Crippen molar-refractivity contribution in [3.8, 4) is 0 Å². The highest BCUT2D eigenvalue weighted by Crippen LogP contribution is 2.10. The first-order valence-electron chi connectivity index (χ1n) is 5.79. The van der Waals surface area contributed by atoms with Crippen molar-refractivity contribution in [3.63, 3.8) is 0 Å². The van der Waals surface area contributed by atoms with Crippen molar-refractivity contribution in [2.24, 2.45) is 0 Å². The molecule has 0 bridgehead atoms. The molecule has 9 heteroatoms. The van der Waals surface area contributed by atoms with E-state index in [1.807, 2.05) is 0 Å². The molecule has 0 aliphatic heterocycles. The van der Waals surface area contributed by atoms with Crippen LogP contribution in [0.2, 0.25) is 0 Å². The zero-order valence-corrected chi connectivity index (χ0v) is 10.2. The van der Waals surface area contributed by atoms with Gasteiger partial charge in [-0.25, -0.2) is 4.98 Å². The molecule has 2 heterocycles. The molecule has 6 N–H and O–H groups in total. The van der Waals surface area contributed by atoms with Crippen LogP contribution in [0.5, 0.6) is 0 Å². The van der Waals surface area contributed by atoms with Gasteiger partial charge in [-0.1, -0.05) is 0 Å². The van der Waals surface area contributed by atoms with Crippen LogP contribution in [-0.4, -0.2) is 60.7 Å². The van der Waals surface area contributed by atoms with Crippen LogP contribution in [0.1, 0.15) is 0 Å². The topological polar surface area (TPSA) is 143 Å². The summed E-state index contributed by atoms with van der Waals surface area (Å²) in [4.78, 5) is 11.0. The van der Waals surface area contributed by atoms with E-state index < -0.39 is 6.10 Å². The van der Waals surface area contributed by atoms with E-state index in [-0.39, 0.29) is 25.2 Å². The largest absolute Gasteiger partial charge is 0.395 e. The number of aliphatic hydroxyl groups is 3. The Morgan fingerprint density at radius 2 is 2.26 bits per heavy atom. The maximum atomic E-state index is 9.46. The van der Waals surface area contributed by atoms with Gasteiger partial charge in [0.1, 0.15) is 5.52 Å². The number of fused-ring (bicyclic) bond motifs is 1. The molecule has 0 radical (unpaired) electrons. The van der Waals surface area contributed by atoms with Gasteiger partial charge in [0.05, 0.1) is 32.2 Å². The zero-order valence-electron chi connectivity index (χ0n) is 10.2. The van der Waals surface area contributed by atoms with Crippen LogP contribution in [-0.2, 0) is 6.54 Å². The number of anilines is 1. The summed E-state index contributed by atoms with van der Waals surface area (Å²) in [5, 5.41) is 37.6. The lowest BCUT2D eigenvalue weighted by atomic mass is 10.3. The first-order valence-corrected chi connectivity index (χ1v) is 5.79. The molecule has 1 atom stereocenters. The predicted molar refractivity (Wildman–Crippen MR) is 66.4 cm³/mol. The Morgan fingerprint density at radius 1 is 1.47 bits per heavy atom. The fourth-order valence-electron chi connectivity index (χ4n) is 1.66. The first-order chi connectivity index (χ1) is 9.15. The maximum absolute atomic E-state index is 9.46. The molecule has 19 heavy (non-hydrogen) atoms. The molecule has 104 valence electrons. The maximum Gasteiger partial charge on any atom is 0.202 e. The van der Waals surface area contributed by atoms with Crippen molar-refractivity contribution in [3.05, 3.63) is 11.8 Å². The fourth-order valence-corrected chi connectivity index (χ4v) is 1.66. The Bertz CT molecular complexity index is 607. The molecule has 2 rings (SSSR count). The van der Waals surface area contributed by atoms with E-state index in [1.165, 1.54) is 6.33 Å². The number of H-pyrrole nitrogens is 1. The number of imidazole rings is 1. The van der Waals surface area contributed by atoms with Gasteiger partial charge >= 0.3 is 0 Å². The van der Waals surface area contributed by atoms with Gasteiger partial charge in [-0.05, 0) is 0 Å². The molecule has 2 aromatic rings. The van der Waals surface area contributed by atoms with Crippen molar-refractivity contribution in [1.29, 1.82) is 5.41 Å². The third-order valence-corrected chi connectivity index (χ3v) is 2.54. The van der Waals surface area contributed by atoms with Gasteiger partial charge in [0.2, 0.25) is 5.95 Å². The highest BCUT2D eigenvalue weighted by molar-refractivity contribution is 5.72. The van der Waals surface area contributed by atoms with Crippen LogP contribution in [0.4, 0.5) is 5.95 Å². The minimum atomic E-state index is -0.919. The molecular formula is C10H16N6O3. The lowest BCUT2D eigenvalue weighted by Gasteiger charge is -2.10. The Morgan fingerprint density at radius 3 is 2.95 bits per heavy atom. The average molecular weight is 268 g/mol. The minimum Gasteiger partial charge on any atom is -0.395 e. The van der Waals surface area contributed by atoms with E-state index in [2.05, 4.69) is 20.3 Å². The van der Waals surface area contributed by atoms with Gasteiger partial charge in [0.15, 0.2) is 11.1 Å². The number of nitrogens with zero attached hydrogens (tertiary/aromatic N) is 3. The van der Waals surface area contributed by atoms with E-state index >= 15 is 0 Å². The molecule has 0 fully saturated rings. The summed E-state index contributed by atoms with van der Waals surface area (Å²) in [5.74, 6) is 0.415. The van der Waals surface area contributed by atoms with Crippen LogP contribution >= 0.6 is 0 Å². The summed E-state index contributed by atoms with van der Waals surface area (Å²) in [6, 6.07) is 0. The summed E-state index contributed by atoms with van der Waals surface area (Å²) in [6.07, 6.45) is 0.470. The molecule has 0 aliphatic carbocycles. The number of rotatable bonds is 6. The van der Waals surface area contributed by atoms with E-state index in [0.29, 0.717) is 23.7 Å². The van der Waals surface area contributed by atoms with Crippen molar-refractivity contribution in [1.82, 2.24) is 19.5 Å². The highest BCUT2D eigenvalue weighted by Gasteiger charge is 2.11. The number of aromatic amines is 1. The summed E-state index contributed by atoms with van der Waals surface area (Å²) in [6.45, 7) is 0.0633. The number of hydrogen-bond acceptors (Lipinski definition) is 7. The smallest absolute Gasteiger partial charge is 0.202 e. The number of aliphatic hydroxyl groups excluding tert-OH is 3. The normalized spacial score (nSPS) is 12.8. The van der Waals surface area contributed by atoms with Crippen molar-refractivity contribution in [2.45, 2.75) is 12.6 Å². The second kappa shape index (κ2) is 5.78. The van der Waals surface area contributed by atoms with Gasteiger partial charge in [0, 0.05) is 6.54 Å². The standard InChI is InChI=1S/C10H16N6O3/c11-8-7-9(15-10(14-7)12-1-2-17)16(5-13-8)3-6(19)4-18/h5-6,11,17-19H,1-4H2,(H2,12,14,15). The highest BCUT2D eigenvalue weighted by atomic mass is 16.3. The van der Waals surface area contributed by atoms with Crippen LogP contribution in [0.3, 0.4) is 0 Å². The van der Waals surface area contributed by atoms with Gasteiger partial charge in [-0.3, -0.25) is 5.41 Å². The second-order valence-corrected chi connectivity index (χ2v) is 4.02. The summed E-state index contributed by atoms with van der Waals surface area (Å²) >= 11 is 0. The molecule has 9 nitrogen and oxygen atoms in total. The number of hydrogen-bond donors (Lipinski definition) is 6. The number of nitrogens with one attached hydrogen (secondary N) is 3. The van der Waals surface area contributed by atoms with Gasteiger partial charge in [-0.2, -0.15) is 4.98 Å². The van der Waals surface area contributed by atoms with Crippen molar-refractivity contribution < 1.29 is 15.3 Å². The SMILES string of the molecule is N=c1ncn(CC(O)CO)c2nc(NCCO)[nH]c12. The molecule has 0 saturated carbocycles. The van der Waals surface area contributed by atoms with Crippen LogP contribution in [0.25, 0.3) is 11.2 Å². The monoisotopic (exact) mass is 268 g/mol. The molecule has 0 amide bonds. The predicted octanol–water partition coefficient (Wildman–Crippen LogP) is -2.00. The quantitative estimate of drug-likeness (QED) is 0.357. The average Bonchev–Trinajstić information content (AvgIpc) is 2.84. The van der Waals surface area contributed by atoms with Crippen molar-refractivity contribution in [2.75, 3.05) is 25.1 Å². The Kier molecular flexibility index (Phi) is 4.10. The lowest BCUT2D eigenvalue weighted by molar-refractivity contribution is 0.0817. The molecule has 2 aromatic heterocycles. The van der Waals surface area contributed by atoms with E-state index in [0.717, 1.165) is 0 Å². The van der Waals surface area contributed by atoms with Crippen LogP contribution in [0, 0.1) is 5.41 Å². The molecule has 1 unspecified atom stereocenters. The molecule has 0 aliphatic rings. The molecular weight excluding hydrogens is 252 g/mol. The zero-order chi connectivity index (χ0) is 13.8. The molecule has 0 spiro atoms. The summed E-state index contributed by atoms with van der Waals surface area (Å²) in [7, 11) is 0. The van der Waals surface area contributed by atoms with Crippen LogP contribution in [0.15, 0.2) is 6.33 Å². The summed E-state index contributed by atoms with van der Waals surface area (Å²) in [5.41, 5.74) is 0.912. The lowest BCUT2D eigenvalue weighted by Crippen LogP contribution is -2.22. The Balaban J connectivity index is 2.39. The van der Waals surface area contributed by atoms with Crippen molar-refractivity contribution >= 4 is 17.1 Å². The third kappa shape index (κ3) is 2.89. The Labute approximate surface area is 108 Å². The number of aromatic nitrogens is 4. The first kappa shape index (κ1) is 13.5.